The lowest BCUT2D eigenvalue weighted by Crippen LogP contribution is -2.37. The number of hydrogen-bond acceptors (Lipinski definition) is 5. The fourth-order valence-electron chi connectivity index (χ4n) is 3.65. The Balaban J connectivity index is 1.56. The molecule has 26 heavy (non-hydrogen) atoms. The van der Waals surface area contributed by atoms with Gasteiger partial charge in [0.1, 0.15) is 12.0 Å². The van der Waals surface area contributed by atoms with Crippen molar-refractivity contribution in [3.8, 4) is 17.3 Å². The fraction of sp³-hybridized carbons (Fsp3) is 0.474. The average molecular weight is 349 g/mol. The maximum atomic E-state index is 9.27. The van der Waals surface area contributed by atoms with E-state index in [4.69, 9.17) is 0 Å². The number of nitrogens with one attached hydrogen (secondary N) is 1. The minimum absolute atomic E-state index is 0.0608. The summed E-state index contributed by atoms with van der Waals surface area (Å²) in [5, 5.41) is 14.8. The highest BCUT2D eigenvalue weighted by atomic mass is 15.3. The molecule has 1 unspecified atom stereocenters. The van der Waals surface area contributed by atoms with Crippen LogP contribution in [0.3, 0.4) is 0 Å². The number of hydrogen-bond donors (Lipinski definition) is 1. The smallest absolute Gasteiger partial charge is 0.141 e. The van der Waals surface area contributed by atoms with E-state index in [1.54, 1.807) is 6.33 Å². The quantitative estimate of drug-likeness (QED) is 0.765. The molecule has 7 heteroatoms. The van der Waals surface area contributed by atoms with E-state index in [-0.39, 0.29) is 6.04 Å². The number of aromatic nitrogens is 5. The molecular formula is C19H23N7. The fourth-order valence-corrected chi connectivity index (χ4v) is 3.65. The van der Waals surface area contributed by atoms with Gasteiger partial charge in [-0.3, -0.25) is 4.68 Å². The lowest BCUT2D eigenvalue weighted by molar-refractivity contribution is 0.165. The molecule has 3 aromatic rings. The summed E-state index contributed by atoms with van der Waals surface area (Å²) in [6.07, 6.45) is 10.2. The second-order valence-electron chi connectivity index (χ2n) is 7.17. The first-order valence-electron chi connectivity index (χ1n) is 9.16. The van der Waals surface area contributed by atoms with E-state index in [1.807, 2.05) is 29.3 Å². The van der Waals surface area contributed by atoms with Crippen molar-refractivity contribution in [2.75, 3.05) is 19.6 Å². The topological polar surface area (TPSA) is 86.4 Å². The van der Waals surface area contributed by atoms with Crippen LogP contribution in [0.25, 0.3) is 22.3 Å². The van der Waals surface area contributed by atoms with Gasteiger partial charge in [0.2, 0.25) is 0 Å². The van der Waals surface area contributed by atoms with Gasteiger partial charge in [-0.15, -0.1) is 0 Å². The zero-order valence-electron chi connectivity index (χ0n) is 15.0. The van der Waals surface area contributed by atoms with Gasteiger partial charge >= 0.3 is 0 Å². The third-order valence-corrected chi connectivity index (χ3v) is 5.28. The van der Waals surface area contributed by atoms with Gasteiger partial charge in [-0.25, -0.2) is 9.97 Å². The van der Waals surface area contributed by atoms with Crippen LogP contribution in [-0.4, -0.2) is 49.3 Å². The lowest BCUT2D eigenvalue weighted by atomic mass is 9.99. The largest absolute Gasteiger partial charge is 0.346 e. The van der Waals surface area contributed by atoms with Crippen molar-refractivity contribution < 1.29 is 0 Å². The Morgan fingerprint density at radius 3 is 3.00 bits per heavy atom. The van der Waals surface area contributed by atoms with Gasteiger partial charge in [0.15, 0.2) is 0 Å². The van der Waals surface area contributed by atoms with E-state index >= 15 is 0 Å². The van der Waals surface area contributed by atoms with Crippen LogP contribution in [0.4, 0.5) is 0 Å². The highest BCUT2D eigenvalue weighted by Crippen LogP contribution is 2.26. The van der Waals surface area contributed by atoms with Crippen molar-refractivity contribution in [3.05, 3.63) is 31.0 Å². The van der Waals surface area contributed by atoms with Crippen molar-refractivity contribution in [1.29, 1.82) is 5.26 Å². The predicted octanol–water partition coefficient (Wildman–Crippen LogP) is 3.01. The van der Waals surface area contributed by atoms with Crippen LogP contribution in [0.1, 0.15) is 32.2 Å². The van der Waals surface area contributed by atoms with E-state index in [0.717, 1.165) is 47.8 Å². The third-order valence-electron chi connectivity index (χ3n) is 5.28. The number of likely N-dealkylation sites (tertiary alicyclic amines) is 1. The SMILES string of the molecule is CC1CCN(CC(CC#N)n2cc(-c3ncnc4[nH]ccc34)cn2)CC1. The minimum atomic E-state index is 0.0608. The molecule has 0 spiro atoms. The van der Waals surface area contributed by atoms with Gasteiger partial charge in [-0.1, -0.05) is 6.92 Å². The van der Waals surface area contributed by atoms with Crippen LogP contribution in [-0.2, 0) is 0 Å². The Bertz CT molecular complexity index is 911. The summed E-state index contributed by atoms with van der Waals surface area (Å²) in [6.45, 7) is 5.39. The average Bonchev–Trinajstić information content (AvgIpc) is 3.32. The van der Waals surface area contributed by atoms with Crippen LogP contribution >= 0.6 is 0 Å². The molecule has 3 aromatic heterocycles. The number of aromatic amines is 1. The Morgan fingerprint density at radius 1 is 1.35 bits per heavy atom. The molecule has 1 aliphatic heterocycles. The molecule has 0 amide bonds. The highest BCUT2D eigenvalue weighted by Gasteiger charge is 2.21. The van der Waals surface area contributed by atoms with Crippen LogP contribution in [0.2, 0.25) is 0 Å². The van der Waals surface area contributed by atoms with Gasteiger partial charge in [0.25, 0.3) is 0 Å². The van der Waals surface area contributed by atoms with E-state index in [1.165, 1.54) is 12.8 Å². The Labute approximate surface area is 152 Å². The monoisotopic (exact) mass is 349 g/mol. The molecule has 7 nitrogen and oxygen atoms in total. The number of H-pyrrole nitrogens is 1. The molecule has 0 aromatic carbocycles. The summed E-state index contributed by atoms with van der Waals surface area (Å²) in [5.41, 5.74) is 2.64. The van der Waals surface area contributed by atoms with Crippen molar-refractivity contribution in [1.82, 2.24) is 29.6 Å². The molecular weight excluding hydrogens is 326 g/mol. The van der Waals surface area contributed by atoms with Gasteiger partial charge < -0.3 is 9.88 Å². The van der Waals surface area contributed by atoms with E-state index < -0.39 is 0 Å². The molecule has 0 aliphatic carbocycles. The normalized spacial score (nSPS) is 17.4. The van der Waals surface area contributed by atoms with Crippen molar-refractivity contribution in [3.63, 3.8) is 0 Å². The van der Waals surface area contributed by atoms with E-state index in [0.29, 0.717) is 6.42 Å². The predicted molar refractivity (Wildman–Crippen MR) is 99.2 cm³/mol. The van der Waals surface area contributed by atoms with Crippen LogP contribution in [0, 0.1) is 17.2 Å². The minimum Gasteiger partial charge on any atom is -0.346 e. The molecule has 0 saturated carbocycles. The Morgan fingerprint density at radius 2 is 2.19 bits per heavy atom. The molecule has 1 aliphatic rings. The Kier molecular flexibility index (Phi) is 4.67. The van der Waals surface area contributed by atoms with Gasteiger partial charge in [0, 0.05) is 29.9 Å². The van der Waals surface area contributed by atoms with Gasteiger partial charge in [-0.05, 0) is 37.9 Å². The molecule has 1 N–H and O–H groups in total. The second kappa shape index (κ2) is 7.26. The first kappa shape index (κ1) is 16.7. The zero-order chi connectivity index (χ0) is 17.9. The van der Waals surface area contributed by atoms with Crippen molar-refractivity contribution in [2.24, 2.45) is 5.92 Å². The number of nitriles is 1. The molecule has 4 heterocycles. The summed E-state index contributed by atoms with van der Waals surface area (Å²) < 4.78 is 1.93. The summed E-state index contributed by atoms with van der Waals surface area (Å²) in [5.74, 6) is 0.804. The number of piperidine rings is 1. The summed E-state index contributed by atoms with van der Waals surface area (Å²) in [4.78, 5) is 14.2. The van der Waals surface area contributed by atoms with Gasteiger partial charge in [-0.2, -0.15) is 10.4 Å². The van der Waals surface area contributed by atoms with Crippen LogP contribution < -0.4 is 0 Å². The van der Waals surface area contributed by atoms with E-state index in [9.17, 15) is 5.26 Å². The molecule has 0 bridgehead atoms. The maximum Gasteiger partial charge on any atom is 0.141 e. The number of nitrogens with zero attached hydrogens (tertiary/aromatic N) is 6. The molecule has 1 fully saturated rings. The molecule has 1 saturated heterocycles. The third kappa shape index (κ3) is 3.33. The number of rotatable bonds is 5. The van der Waals surface area contributed by atoms with E-state index in [2.05, 4.69) is 37.9 Å². The molecule has 4 rings (SSSR count). The molecule has 1 atom stereocenters. The lowest BCUT2D eigenvalue weighted by Gasteiger charge is -2.32. The van der Waals surface area contributed by atoms with Crippen molar-refractivity contribution >= 4 is 11.0 Å². The van der Waals surface area contributed by atoms with Crippen LogP contribution in [0.15, 0.2) is 31.0 Å². The molecule has 0 radical (unpaired) electrons. The first-order chi connectivity index (χ1) is 12.7. The first-order valence-corrected chi connectivity index (χ1v) is 9.16. The summed E-state index contributed by atoms with van der Waals surface area (Å²) >= 11 is 0. The number of fused-ring (bicyclic) bond motifs is 1. The zero-order valence-corrected chi connectivity index (χ0v) is 15.0. The maximum absolute atomic E-state index is 9.27. The Hall–Kier alpha value is -2.72. The highest BCUT2D eigenvalue weighted by molar-refractivity contribution is 5.89. The van der Waals surface area contributed by atoms with Crippen molar-refractivity contribution in [2.45, 2.75) is 32.2 Å². The van der Waals surface area contributed by atoms with Crippen LogP contribution in [0.5, 0.6) is 0 Å². The second-order valence-corrected chi connectivity index (χ2v) is 7.17. The standard InChI is InChI=1S/C19H23N7/c1-14-4-8-25(9-5-14)12-16(2-6-20)26-11-15(10-24-26)18-17-3-7-21-19(17)23-13-22-18/h3,7,10-11,13-14,16H,2,4-5,8-9,12H2,1H3,(H,21,22,23). The summed E-state index contributed by atoms with van der Waals surface area (Å²) in [6, 6.07) is 4.36. The van der Waals surface area contributed by atoms with Gasteiger partial charge in [0.05, 0.1) is 30.4 Å². The molecule has 134 valence electrons. The summed E-state index contributed by atoms with van der Waals surface area (Å²) in [7, 11) is 0.